The summed E-state index contributed by atoms with van der Waals surface area (Å²) in [7, 11) is 0. The summed E-state index contributed by atoms with van der Waals surface area (Å²) in [6.07, 6.45) is 0. The standard InChI is InChI=1S/C54H39N/c1-6-17-40(18-7-1)43-29-33-49(34-30-43)55(50-28-16-27-46(37-50)41-19-8-2-9-20-41)54-36-32-48(39-53(54)45-25-14-5-15-26-45)52-38-47(42-21-10-3-11-22-42)31-35-51(52)44-23-12-4-13-24-44/h1-39H. The minimum atomic E-state index is 1.09. The van der Waals surface area contributed by atoms with E-state index in [0.29, 0.717) is 0 Å². The highest BCUT2D eigenvalue weighted by Gasteiger charge is 2.20. The fraction of sp³-hybridized carbons (Fsp3) is 0. The molecule has 9 aromatic rings. The van der Waals surface area contributed by atoms with Crippen LogP contribution in [0.15, 0.2) is 237 Å². The van der Waals surface area contributed by atoms with Crippen molar-refractivity contribution < 1.29 is 0 Å². The molecule has 0 fully saturated rings. The summed E-state index contributed by atoms with van der Waals surface area (Å²) < 4.78 is 0. The molecular formula is C54H39N. The largest absolute Gasteiger partial charge is 0.310 e. The van der Waals surface area contributed by atoms with Crippen molar-refractivity contribution in [1.29, 1.82) is 0 Å². The lowest BCUT2D eigenvalue weighted by Crippen LogP contribution is -2.11. The van der Waals surface area contributed by atoms with E-state index in [1.165, 1.54) is 50.1 Å². The Bertz CT molecular complexity index is 2650. The molecule has 0 saturated heterocycles. The van der Waals surface area contributed by atoms with Gasteiger partial charge in [0.1, 0.15) is 0 Å². The van der Waals surface area contributed by atoms with Crippen LogP contribution >= 0.6 is 0 Å². The number of hydrogen-bond acceptors (Lipinski definition) is 1. The molecule has 0 aliphatic rings. The molecule has 0 aliphatic heterocycles. The van der Waals surface area contributed by atoms with Gasteiger partial charge in [-0.1, -0.05) is 194 Å². The van der Waals surface area contributed by atoms with Gasteiger partial charge in [0.05, 0.1) is 5.69 Å². The summed E-state index contributed by atoms with van der Waals surface area (Å²) in [5.74, 6) is 0. The maximum atomic E-state index is 2.41. The Labute approximate surface area is 324 Å². The molecule has 9 rings (SSSR count). The molecule has 0 aromatic heterocycles. The predicted molar refractivity (Wildman–Crippen MR) is 234 cm³/mol. The normalized spacial score (nSPS) is 10.9. The van der Waals surface area contributed by atoms with E-state index in [9.17, 15) is 0 Å². The van der Waals surface area contributed by atoms with Gasteiger partial charge in [0.25, 0.3) is 0 Å². The average molecular weight is 702 g/mol. The first-order chi connectivity index (χ1) is 27.3. The smallest absolute Gasteiger partial charge is 0.0540 e. The van der Waals surface area contributed by atoms with Crippen LogP contribution in [0.4, 0.5) is 17.1 Å². The molecule has 0 atom stereocenters. The Morgan fingerprint density at radius 1 is 0.200 bits per heavy atom. The summed E-state index contributed by atoms with van der Waals surface area (Å²) in [4.78, 5) is 2.41. The molecule has 0 N–H and O–H groups in total. The third kappa shape index (κ3) is 7.12. The first kappa shape index (κ1) is 33.6. The predicted octanol–water partition coefficient (Wildman–Crippen LogP) is 15.2. The number of hydrogen-bond donors (Lipinski definition) is 0. The molecule has 260 valence electrons. The van der Waals surface area contributed by atoms with Gasteiger partial charge < -0.3 is 4.90 Å². The van der Waals surface area contributed by atoms with Crippen molar-refractivity contribution in [2.24, 2.45) is 0 Å². The van der Waals surface area contributed by atoms with Crippen LogP contribution < -0.4 is 4.90 Å². The van der Waals surface area contributed by atoms with Crippen LogP contribution in [0, 0.1) is 0 Å². The van der Waals surface area contributed by atoms with Gasteiger partial charge in [-0.2, -0.15) is 0 Å². The van der Waals surface area contributed by atoms with Gasteiger partial charge >= 0.3 is 0 Å². The number of anilines is 3. The molecule has 0 spiro atoms. The minimum Gasteiger partial charge on any atom is -0.310 e. The molecule has 0 heterocycles. The van der Waals surface area contributed by atoms with Gasteiger partial charge in [0, 0.05) is 16.9 Å². The van der Waals surface area contributed by atoms with Crippen LogP contribution in [0.25, 0.3) is 66.8 Å². The number of nitrogens with zero attached hydrogens (tertiary/aromatic N) is 1. The van der Waals surface area contributed by atoms with E-state index in [0.717, 1.165) is 33.8 Å². The third-order valence-electron chi connectivity index (χ3n) is 10.3. The molecule has 1 heteroatoms. The third-order valence-corrected chi connectivity index (χ3v) is 10.3. The molecule has 9 aromatic carbocycles. The highest BCUT2D eigenvalue weighted by atomic mass is 15.1. The Balaban J connectivity index is 1.25. The van der Waals surface area contributed by atoms with Crippen molar-refractivity contribution in [3.05, 3.63) is 237 Å². The Kier molecular flexibility index (Phi) is 9.41. The molecule has 1 nitrogen and oxygen atoms in total. The summed E-state index contributed by atoms with van der Waals surface area (Å²) in [6.45, 7) is 0. The van der Waals surface area contributed by atoms with E-state index in [1.54, 1.807) is 0 Å². The van der Waals surface area contributed by atoms with Gasteiger partial charge in [-0.05, 0) is 104 Å². The van der Waals surface area contributed by atoms with E-state index in [1.807, 2.05) is 0 Å². The fourth-order valence-electron chi connectivity index (χ4n) is 7.53. The molecule has 0 aliphatic carbocycles. The molecule has 0 radical (unpaired) electrons. The van der Waals surface area contributed by atoms with E-state index >= 15 is 0 Å². The monoisotopic (exact) mass is 701 g/mol. The molecule has 0 unspecified atom stereocenters. The average Bonchev–Trinajstić information content (AvgIpc) is 3.28. The lowest BCUT2D eigenvalue weighted by atomic mass is 9.89. The van der Waals surface area contributed by atoms with Crippen molar-refractivity contribution in [3.63, 3.8) is 0 Å². The lowest BCUT2D eigenvalue weighted by molar-refractivity contribution is 1.28. The van der Waals surface area contributed by atoms with Crippen LogP contribution in [-0.4, -0.2) is 0 Å². The maximum Gasteiger partial charge on any atom is 0.0540 e. The van der Waals surface area contributed by atoms with Crippen molar-refractivity contribution in [3.8, 4) is 66.8 Å². The first-order valence-electron chi connectivity index (χ1n) is 18.8. The van der Waals surface area contributed by atoms with Crippen molar-refractivity contribution in [2.75, 3.05) is 4.90 Å². The Hall–Kier alpha value is -7.22. The van der Waals surface area contributed by atoms with Crippen molar-refractivity contribution in [2.45, 2.75) is 0 Å². The van der Waals surface area contributed by atoms with Gasteiger partial charge in [-0.3, -0.25) is 0 Å². The maximum absolute atomic E-state index is 2.41. The second kappa shape index (κ2) is 15.4. The summed E-state index contributed by atoms with van der Waals surface area (Å²) in [6, 6.07) is 85.1. The SMILES string of the molecule is c1ccc(-c2ccc(N(c3cccc(-c4ccccc4)c3)c3ccc(-c4cc(-c5ccccc5)ccc4-c4ccccc4)cc3-c3ccccc3)cc2)cc1. The van der Waals surface area contributed by atoms with E-state index < -0.39 is 0 Å². The summed E-state index contributed by atoms with van der Waals surface area (Å²) >= 11 is 0. The number of rotatable bonds is 9. The Morgan fingerprint density at radius 3 is 1.16 bits per heavy atom. The second-order valence-electron chi connectivity index (χ2n) is 13.8. The fourth-order valence-corrected chi connectivity index (χ4v) is 7.53. The van der Waals surface area contributed by atoms with E-state index in [2.05, 4.69) is 241 Å². The van der Waals surface area contributed by atoms with Crippen LogP contribution in [0.5, 0.6) is 0 Å². The van der Waals surface area contributed by atoms with Crippen LogP contribution in [0.2, 0.25) is 0 Å². The zero-order valence-electron chi connectivity index (χ0n) is 30.5. The van der Waals surface area contributed by atoms with E-state index in [4.69, 9.17) is 0 Å². The van der Waals surface area contributed by atoms with E-state index in [-0.39, 0.29) is 0 Å². The minimum absolute atomic E-state index is 1.09. The van der Waals surface area contributed by atoms with Crippen LogP contribution in [0.3, 0.4) is 0 Å². The second-order valence-corrected chi connectivity index (χ2v) is 13.8. The van der Waals surface area contributed by atoms with Gasteiger partial charge in [0.2, 0.25) is 0 Å². The molecule has 0 bridgehead atoms. The number of benzene rings is 9. The molecular weight excluding hydrogens is 663 g/mol. The lowest BCUT2D eigenvalue weighted by Gasteiger charge is -2.29. The van der Waals surface area contributed by atoms with Crippen molar-refractivity contribution >= 4 is 17.1 Å². The highest BCUT2D eigenvalue weighted by Crippen LogP contribution is 2.45. The Morgan fingerprint density at radius 2 is 0.600 bits per heavy atom. The van der Waals surface area contributed by atoms with Crippen molar-refractivity contribution in [1.82, 2.24) is 0 Å². The summed E-state index contributed by atoms with van der Waals surface area (Å²) in [5.41, 5.74) is 17.5. The molecule has 0 amide bonds. The zero-order valence-corrected chi connectivity index (χ0v) is 30.5. The van der Waals surface area contributed by atoms with Gasteiger partial charge in [0.15, 0.2) is 0 Å². The van der Waals surface area contributed by atoms with Gasteiger partial charge in [-0.25, -0.2) is 0 Å². The zero-order chi connectivity index (χ0) is 36.8. The molecule has 0 saturated carbocycles. The molecule has 55 heavy (non-hydrogen) atoms. The highest BCUT2D eigenvalue weighted by molar-refractivity contribution is 5.94. The van der Waals surface area contributed by atoms with Crippen LogP contribution in [-0.2, 0) is 0 Å². The van der Waals surface area contributed by atoms with Crippen LogP contribution in [0.1, 0.15) is 0 Å². The first-order valence-corrected chi connectivity index (χ1v) is 18.8. The topological polar surface area (TPSA) is 3.24 Å². The quantitative estimate of drug-likeness (QED) is 0.145. The summed E-state index contributed by atoms with van der Waals surface area (Å²) in [5, 5.41) is 0. The van der Waals surface area contributed by atoms with Gasteiger partial charge in [-0.15, -0.1) is 0 Å².